The minimum Gasteiger partial charge on any atom is -0.389 e. The van der Waals surface area contributed by atoms with Crippen LogP contribution in [0.4, 0.5) is 0 Å². The van der Waals surface area contributed by atoms with Gasteiger partial charge in [-0.3, -0.25) is 0 Å². The Balaban J connectivity index is 2.34. The van der Waals surface area contributed by atoms with Gasteiger partial charge in [0.2, 0.25) is 0 Å². The van der Waals surface area contributed by atoms with Gasteiger partial charge in [-0.15, -0.1) is 0 Å². The van der Waals surface area contributed by atoms with Crippen molar-refractivity contribution in [1.82, 2.24) is 0 Å². The highest BCUT2D eigenvalue weighted by molar-refractivity contribution is 5.88. The standard InChI is InChI=1S/C10H17NO/c1-9(2)6-4-8(9)10(3,12)5-7(6)11/h6,8,11-12H,4-5H2,1-3H3. The Morgan fingerprint density at radius 3 is 2.33 bits per heavy atom. The summed E-state index contributed by atoms with van der Waals surface area (Å²) in [6.45, 7) is 6.23. The van der Waals surface area contributed by atoms with Crippen molar-refractivity contribution in [3.63, 3.8) is 0 Å². The van der Waals surface area contributed by atoms with Crippen LogP contribution in [0.15, 0.2) is 0 Å². The summed E-state index contributed by atoms with van der Waals surface area (Å²) in [5.74, 6) is 0.854. The number of nitrogens with one attached hydrogen (secondary N) is 1. The van der Waals surface area contributed by atoms with Gasteiger partial charge < -0.3 is 10.5 Å². The highest BCUT2D eigenvalue weighted by atomic mass is 16.3. The molecular weight excluding hydrogens is 150 g/mol. The van der Waals surface area contributed by atoms with Crippen molar-refractivity contribution >= 4 is 5.71 Å². The topological polar surface area (TPSA) is 44.1 Å². The zero-order chi connectivity index (χ0) is 9.15. The van der Waals surface area contributed by atoms with Crippen LogP contribution in [0.25, 0.3) is 0 Å². The first-order valence-corrected chi connectivity index (χ1v) is 4.65. The van der Waals surface area contributed by atoms with E-state index in [1.165, 1.54) is 0 Å². The highest BCUT2D eigenvalue weighted by Gasteiger charge is 2.61. The molecule has 3 aliphatic carbocycles. The van der Waals surface area contributed by atoms with Crippen LogP contribution < -0.4 is 0 Å². The molecule has 0 aromatic rings. The van der Waals surface area contributed by atoms with Crippen molar-refractivity contribution in [2.45, 2.75) is 39.2 Å². The summed E-state index contributed by atoms with van der Waals surface area (Å²) in [7, 11) is 0. The van der Waals surface area contributed by atoms with E-state index in [-0.39, 0.29) is 5.41 Å². The fraction of sp³-hybridized carbons (Fsp3) is 0.900. The molecule has 2 nitrogen and oxygen atoms in total. The van der Waals surface area contributed by atoms with Crippen molar-refractivity contribution in [2.24, 2.45) is 17.3 Å². The number of aliphatic hydroxyl groups is 1. The SMILES string of the molecule is CC1(O)CC(=N)C2CC1C2(C)C. The second-order valence-corrected chi connectivity index (χ2v) is 5.22. The number of rotatable bonds is 0. The fourth-order valence-electron chi connectivity index (χ4n) is 3.20. The first-order valence-electron chi connectivity index (χ1n) is 4.65. The van der Waals surface area contributed by atoms with Gasteiger partial charge >= 0.3 is 0 Å². The molecule has 0 saturated heterocycles. The molecule has 0 aromatic heterocycles. The molecule has 3 saturated carbocycles. The molecule has 0 aliphatic heterocycles. The highest BCUT2D eigenvalue weighted by Crippen LogP contribution is 2.61. The van der Waals surface area contributed by atoms with Crippen LogP contribution in [0.2, 0.25) is 0 Å². The Morgan fingerprint density at radius 2 is 2.00 bits per heavy atom. The molecule has 3 unspecified atom stereocenters. The Bertz CT molecular complexity index is 234. The summed E-state index contributed by atoms with van der Waals surface area (Å²) >= 11 is 0. The van der Waals surface area contributed by atoms with Crippen molar-refractivity contribution in [3.05, 3.63) is 0 Å². The van der Waals surface area contributed by atoms with E-state index in [0.717, 1.165) is 12.1 Å². The molecule has 3 atom stereocenters. The lowest BCUT2D eigenvalue weighted by Gasteiger charge is -2.62. The van der Waals surface area contributed by atoms with E-state index in [1.54, 1.807) is 0 Å². The third kappa shape index (κ3) is 0.764. The molecule has 2 bridgehead atoms. The van der Waals surface area contributed by atoms with E-state index in [1.807, 2.05) is 6.92 Å². The molecule has 3 fully saturated rings. The van der Waals surface area contributed by atoms with E-state index >= 15 is 0 Å². The molecule has 12 heavy (non-hydrogen) atoms. The summed E-state index contributed by atoms with van der Waals surface area (Å²) in [5.41, 5.74) is 0.307. The van der Waals surface area contributed by atoms with E-state index in [0.29, 0.717) is 18.3 Å². The molecule has 0 radical (unpaired) electrons. The van der Waals surface area contributed by atoms with Crippen LogP contribution in [0.3, 0.4) is 0 Å². The van der Waals surface area contributed by atoms with Gasteiger partial charge in [0.1, 0.15) is 0 Å². The van der Waals surface area contributed by atoms with Crippen molar-refractivity contribution in [3.8, 4) is 0 Å². The molecular formula is C10H17NO. The zero-order valence-corrected chi connectivity index (χ0v) is 8.02. The molecule has 2 N–H and O–H groups in total. The first kappa shape index (κ1) is 8.24. The summed E-state index contributed by atoms with van der Waals surface area (Å²) < 4.78 is 0. The van der Waals surface area contributed by atoms with Gasteiger partial charge in [0.15, 0.2) is 0 Å². The second-order valence-electron chi connectivity index (χ2n) is 5.22. The van der Waals surface area contributed by atoms with Crippen LogP contribution in [0.1, 0.15) is 33.6 Å². The number of hydrogen-bond acceptors (Lipinski definition) is 2. The Kier molecular flexibility index (Phi) is 1.32. The van der Waals surface area contributed by atoms with Gasteiger partial charge in [0, 0.05) is 18.1 Å². The van der Waals surface area contributed by atoms with Gasteiger partial charge in [-0.2, -0.15) is 0 Å². The van der Waals surface area contributed by atoms with Crippen molar-refractivity contribution < 1.29 is 5.11 Å². The van der Waals surface area contributed by atoms with Gasteiger partial charge in [-0.1, -0.05) is 13.8 Å². The third-order valence-electron chi connectivity index (χ3n) is 3.99. The average Bonchev–Trinajstić information content (AvgIpc) is 1.81. The largest absolute Gasteiger partial charge is 0.389 e. The summed E-state index contributed by atoms with van der Waals surface area (Å²) in [4.78, 5) is 0. The first-order chi connectivity index (χ1) is 5.36. The predicted octanol–water partition coefficient (Wildman–Crippen LogP) is 1.82. The van der Waals surface area contributed by atoms with Crippen LogP contribution in [-0.2, 0) is 0 Å². The molecule has 2 heteroatoms. The van der Waals surface area contributed by atoms with E-state index in [9.17, 15) is 5.11 Å². The minimum absolute atomic E-state index is 0.166. The molecule has 3 aliphatic rings. The Hall–Kier alpha value is -0.370. The lowest BCUT2D eigenvalue weighted by atomic mass is 9.44. The van der Waals surface area contributed by atoms with Gasteiger partial charge in [0.05, 0.1) is 5.60 Å². The summed E-state index contributed by atoms with van der Waals surface area (Å²) in [6, 6.07) is 0. The quantitative estimate of drug-likeness (QED) is 0.568. The van der Waals surface area contributed by atoms with Crippen LogP contribution >= 0.6 is 0 Å². The molecule has 0 heterocycles. The predicted molar refractivity (Wildman–Crippen MR) is 48.3 cm³/mol. The maximum atomic E-state index is 10.0. The molecule has 0 spiro atoms. The van der Waals surface area contributed by atoms with Crippen molar-refractivity contribution in [2.75, 3.05) is 0 Å². The van der Waals surface area contributed by atoms with Gasteiger partial charge in [-0.25, -0.2) is 0 Å². The second kappa shape index (κ2) is 1.92. The van der Waals surface area contributed by atoms with Crippen LogP contribution in [0, 0.1) is 22.7 Å². The molecule has 0 amide bonds. The Morgan fingerprint density at radius 1 is 1.42 bits per heavy atom. The lowest BCUT2D eigenvalue weighted by Crippen LogP contribution is -2.63. The number of fused-ring (bicyclic) bond motifs is 2. The van der Waals surface area contributed by atoms with E-state index in [4.69, 9.17) is 5.41 Å². The molecule has 3 rings (SSSR count). The fourth-order valence-corrected chi connectivity index (χ4v) is 3.20. The summed E-state index contributed by atoms with van der Waals surface area (Å²) in [5, 5.41) is 17.8. The normalized spacial score (nSPS) is 50.2. The Labute approximate surface area is 73.5 Å². The molecule has 0 aromatic carbocycles. The maximum Gasteiger partial charge on any atom is 0.0705 e. The molecule has 68 valence electrons. The van der Waals surface area contributed by atoms with Crippen LogP contribution in [0.5, 0.6) is 0 Å². The van der Waals surface area contributed by atoms with E-state index < -0.39 is 5.60 Å². The van der Waals surface area contributed by atoms with E-state index in [2.05, 4.69) is 13.8 Å². The monoisotopic (exact) mass is 167 g/mol. The van der Waals surface area contributed by atoms with Gasteiger partial charge in [-0.05, 0) is 24.7 Å². The minimum atomic E-state index is -0.616. The van der Waals surface area contributed by atoms with Crippen molar-refractivity contribution in [1.29, 1.82) is 5.41 Å². The third-order valence-corrected chi connectivity index (χ3v) is 3.99. The maximum absolute atomic E-state index is 10.0. The zero-order valence-electron chi connectivity index (χ0n) is 8.02. The van der Waals surface area contributed by atoms with Gasteiger partial charge in [0.25, 0.3) is 0 Å². The summed E-state index contributed by atoms with van der Waals surface area (Å²) in [6.07, 6.45) is 1.62. The lowest BCUT2D eigenvalue weighted by molar-refractivity contribution is -0.144. The average molecular weight is 167 g/mol. The smallest absolute Gasteiger partial charge is 0.0705 e. The number of hydrogen-bond donors (Lipinski definition) is 2. The van der Waals surface area contributed by atoms with Crippen LogP contribution in [-0.4, -0.2) is 16.4 Å².